The number of halogens is 1. The molecule has 1 atom stereocenters. The molecule has 0 aliphatic heterocycles. The average molecular weight is 284 g/mol. The highest BCUT2D eigenvalue weighted by atomic mass is 35.5. The second-order valence-corrected chi connectivity index (χ2v) is 6.06. The Morgan fingerprint density at radius 2 is 2.17 bits per heavy atom. The molecular weight excluding hydrogens is 266 g/mol. The second-order valence-electron chi connectivity index (χ2n) is 4.68. The zero-order valence-corrected chi connectivity index (χ0v) is 12.5. The molecule has 5 heteroatoms. The van der Waals surface area contributed by atoms with Gasteiger partial charge in [0.2, 0.25) is 0 Å². The number of aryl methyl sites for hydroxylation is 1. The Labute approximate surface area is 117 Å². The third-order valence-corrected chi connectivity index (χ3v) is 5.00. The Morgan fingerprint density at radius 1 is 1.39 bits per heavy atom. The van der Waals surface area contributed by atoms with Gasteiger partial charge in [-0.15, -0.1) is 22.9 Å². The first-order valence-electron chi connectivity index (χ1n) is 6.19. The van der Waals surface area contributed by atoms with Crippen LogP contribution in [0.25, 0.3) is 10.2 Å². The van der Waals surface area contributed by atoms with Crippen LogP contribution < -0.4 is 5.32 Å². The van der Waals surface area contributed by atoms with Crippen molar-refractivity contribution in [2.75, 3.05) is 11.2 Å². The Kier molecular flexibility index (Phi) is 4.07. The van der Waals surface area contributed by atoms with Gasteiger partial charge in [0.15, 0.2) is 0 Å². The summed E-state index contributed by atoms with van der Waals surface area (Å²) in [4.78, 5) is 11.1. The van der Waals surface area contributed by atoms with Crippen molar-refractivity contribution in [2.24, 2.45) is 0 Å². The van der Waals surface area contributed by atoms with Gasteiger partial charge in [-0.1, -0.05) is 13.8 Å². The number of nitrogens with zero attached hydrogens (tertiary/aromatic N) is 2. The minimum absolute atomic E-state index is 0.128. The van der Waals surface area contributed by atoms with E-state index < -0.39 is 0 Å². The predicted octanol–water partition coefficient (Wildman–Crippen LogP) is 4.07. The summed E-state index contributed by atoms with van der Waals surface area (Å²) < 4.78 is 0. The molecule has 2 rings (SSSR count). The van der Waals surface area contributed by atoms with Crippen molar-refractivity contribution >= 4 is 39.0 Å². The second kappa shape index (κ2) is 5.41. The molecule has 0 bridgehead atoms. The van der Waals surface area contributed by atoms with Crippen LogP contribution in [0.2, 0.25) is 0 Å². The van der Waals surface area contributed by atoms with Crippen molar-refractivity contribution in [3.05, 3.63) is 17.3 Å². The molecule has 0 fully saturated rings. The van der Waals surface area contributed by atoms with Crippen molar-refractivity contribution < 1.29 is 0 Å². The van der Waals surface area contributed by atoms with Gasteiger partial charge in [0, 0.05) is 16.3 Å². The largest absolute Gasteiger partial charge is 0.363 e. The molecule has 0 radical (unpaired) electrons. The third-order valence-electron chi connectivity index (χ3n) is 3.22. The van der Waals surface area contributed by atoms with E-state index >= 15 is 0 Å². The van der Waals surface area contributed by atoms with Gasteiger partial charge in [-0.25, -0.2) is 9.97 Å². The summed E-state index contributed by atoms with van der Waals surface area (Å²) in [6, 6.07) is 2.17. The molecule has 2 heterocycles. The molecule has 1 N–H and O–H groups in total. The molecule has 2 aromatic rings. The first-order chi connectivity index (χ1) is 8.61. The lowest BCUT2D eigenvalue weighted by Crippen LogP contribution is -2.36. The Bertz CT molecular complexity index is 534. The topological polar surface area (TPSA) is 37.8 Å². The number of alkyl halides is 1. The summed E-state index contributed by atoms with van der Waals surface area (Å²) in [6.45, 7) is 6.39. The molecule has 0 saturated carbocycles. The maximum Gasteiger partial charge on any atom is 0.138 e. The monoisotopic (exact) mass is 283 g/mol. The summed E-state index contributed by atoms with van der Waals surface area (Å²) in [5.74, 6) is 1.45. The van der Waals surface area contributed by atoms with E-state index in [0.717, 1.165) is 28.9 Å². The fourth-order valence-electron chi connectivity index (χ4n) is 1.68. The van der Waals surface area contributed by atoms with Gasteiger partial charge in [0.05, 0.1) is 5.39 Å². The lowest BCUT2D eigenvalue weighted by Gasteiger charge is -2.27. The number of rotatable bonds is 5. The SMILES string of the molecule is CCc1cc2c(NC(C)(CC)CCl)ncnc2s1. The number of hydrogen-bond acceptors (Lipinski definition) is 4. The highest BCUT2D eigenvalue weighted by Gasteiger charge is 2.22. The summed E-state index contributed by atoms with van der Waals surface area (Å²) in [7, 11) is 0. The number of thiophene rings is 1. The molecule has 0 spiro atoms. The lowest BCUT2D eigenvalue weighted by atomic mass is 10.0. The molecule has 0 saturated heterocycles. The van der Waals surface area contributed by atoms with Gasteiger partial charge >= 0.3 is 0 Å². The minimum atomic E-state index is -0.128. The fraction of sp³-hybridized carbons (Fsp3) is 0.538. The quantitative estimate of drug-likeness (QED) is 0.841. The van der Waals surface area contributed by atoms with E-state index in [1.54, 1.807) is 17.7 Å². The Morgan fingerprint density at radius 3 is 2.78 bits per heavy atom. The van der Waals surface area contributed by atoms with E-state index in [0.29, 0.717) is 5.88 Å². The molecular formula is C13H18ClN3S. The van der Waals surface area contributed by atoms with Crippen LogP contribution in [0.1, 0.15) is 32.1 Å². The van der Waals surface area contributed by atoms with E-state index in [4.69, 9.17) is 11.6 Å². The van der Waals surface area contributed by atoms with Gasteiger partial charge in [0.25, 0.3) is 0 Å². The van der Waals surface area contributed by atoms with Gasteiger partial charge in [-0.05, 0) is 25.8 Å². The molecule has 0 aromatic carbocycles. The molecule has 3 nitrogen and oxygen atoms in total. The third kappa shape index (κ3) is 2.59. The standard InChI is InChI=1S/C13H18ClN3S/c1-4-9-6-10-11(15-8-16-12(10)18-9)17-13(3,5-2)7-14/h6,8H,4-5,7H2,1-3H3,(H,15,16,17). The average Bonchev–Trinajstić information content (AvgIpc) is 2.83. The van der Waals surface area contributed by atoms with Crippen LogP contribution >= 0.6 is 22.9 Å². The van der Waals surface area contributed by atoms with Crippen molar-refractivity contribution in [3.63, 3.8) is 0 Å². The van der Waals surface area contributed by atoms with Crippen LogP contribution in [0.4, 0.5) is 5.82 Å². The lowest BCUT2D eigenvalue weighted by molar-refractivity contribution is 0.552. The van der Waals surface area contributed by atoms with E-state index in [1.807, 2.05) is 0 Å². The predicted molar refractivity (Wildman–Crippen MR) is 79.8 cm³/mol. The smallest absolute Gasteiger partial charge is 0.138 e. The highest BCUT2D eigenvalue weighted by Crippen LogP contribution is 2.30. The van der Waals surface area contributed by atoms with Gasteiger partial charge in [-0.3, -0.25) is 0 Å². The van der Waals surface area contributed by atoms with Crippen LogP contribution in [-0.4, -0.2) is 21.4 Å². The van der Waals surface area contributed by atoms with Crippen molar-refractivity contribution in [2.45, 2.75) is 39.2 Å². The summed E-state index contributed by atoms with van der Waals surface area (Å²) in [5.41, 5.74) is -0.128. The first-order valence-corrected chi connectivity index (χ1v) is 7.54. The van der Waals surface area contributed by atoms with Gasteiger partial charge in [-0.2, -0.15) is 0 Å². The van der Waals surface area contributed by atoms with Crippen LogP contribution in [0.5, 0.6) is 0 Å². The summed E-state index contributed by atoms with van der Waals surface area (Å²) >= 11 is 7.77. The molecule has 98 valence electrons. The van der Waals surface area contributed by atoms with Crippen molar-refractivity contribution in [1.29, 1.82) is 0 Å². The van der Waals surface area contributed by atoms with E-state index in [2.05, 4.69) is 42.1 Å². The van der Waals surface area contributed by atoms with Crippen LogP contribution in [-0.2, 0) is 6.42 Å². The van der Waals surface area contributed by atoms with E-state index in [1.165, 1.54) is 4.88 Å². The first kappa shape index (κ1) is 13.6. The Balaban J connectivity index is 2.41. The van der Waals surface area contributed by atoms with Gasteiger partial charge in [0.1, 0.15) is 17.0 Å². The number of hydrogen-bond donors (Lipinski definition) is 1. The van der Waals surface area contributed by atoms with Crippen LogP contribution in [0, 0.1) is 0 Å². The fourth-order valence-corrected chi connectivity index (χ4v) is 2.87. The normalized spacial score (nSPS) is 14.7. The Hall–Kier alpha value is -0.870. The van der Waals surface area contributed by atoms with Gasteiger partial charge < -0.3 is 5.32 Å². The molecule has 0 aliphatic rings. The molecule has 1 unspecified atom stereocenters. The molecule has 2 aromatic heterocycles. The number of anilines is 1. The molecule has 18 heavy (non-hydrogen) atoms. The number of fused-ring (bicyclic) bond motifs is 1. The van der Waals surface area contributed by atoms with E-state index in [-0.39, 0.29) is 5.54 Å². The van der Waals surface area contributed by atoms with Crippen molar-refractivity contribution in [1.82, 2.24) is 9.97 Å². The summed E-state index contributed by atoms with van der Waals surface area (Å²) in [5, 5.41) is 4.56. The van der Waals surface area contributed by atoms with Crippen LogP contribution in [0.3, 0.4) is 0 Å². The highest BCUT2D eigenvalue weighted by molar-refractivity contribution is 7.18. The maximum absolute atomic E-state index is 6.04. The zero-order valence-electron chi connectivity index (χ0n) is 11.0. The zero-order chi connectivity index (χ0) is 13.2. The number of aromatic nitrogens is 2. The maximum atomic E-state index is 6.04. The summed E-state index contributed by atoms with van der Waals surface area (Å²) in [6.07, 6.45) is 3.60. The van der Waals surface area contributed by atoms with Crippen molar-refractivity contribution in [3.8, 4) is 0 Å². The van der Waals surface area contributed by atoms with E-state index in [9.17, 15) is 0 Å². The minimum Gasteiger partial charge on any atom is -0.363 e. The van der Waals surface area contributed by atoms with Crippen LogP contribution in [0.15, 0.2) is 12.4 Å². The number of nitrogens with one attached hydrogen (secondary N) is 1. The molecule has 0 aliphatic carbocycles. The molecule has 0 amide bonds.